The molecule has 1 heterocycles. The molecule has 2 amide bonds. The number of alkyl carbamates (subject to hydrolysis) is 1. The molecule has 24 heavy (non-hydrogen) atoms. The van der Waals surface area contributed by atoms with E-state index in [0.29, 0.717) is 13.1 Å². The average Bonchev–Trinajstić information content (AvgIpc) is 2.55. The van der Waals surface area contributed by atoms with E-state index in [0.717, 1.165) is 13.2 Å². The second kappa shape index (κ2) is 7.69. The first-order valence-corrected chi connectivity index (χ1v) is 8.63. The van der Waals surface area contributed by atoms with Gasteiger partial charge in [0.2, 0.25) is 15.9 Å². The van der Waals surface area contributed by atoms with E-state index in [1.54, 1.807) is 4.90 Å². The highest BCUT2D eigenvalue weighted by Crippen LogP contribution is 2.20. The first kappa shape index (κ1) is 18.3. The summed E-state index contributed by atoms with van der Waals surface area (Å²) in [6.07, 6.45) is -0.847. The zero-order valence-electron chi connectivity index (χ0n) is 13.1. The van der Waals surface area contributed by atoms with Gasteiger partial charge in [-0.3, -0.25) is 15.0 Å². The summed E-state index contributed by atoms with van der Waals surface area (Å²) in [6.45, 7) is 0.789. The number of carbonyl (C=O) groups is 2. The third-order valence-corrected chi connectivity index (χ3v) is 5.51. The molecule has 0 atom stereocenters. The minimum absolute atomic E-state index is 0.0529. The molecule has 1 aliphatic rings. The van der Waals surface area contributed by atoms with E-state index >= 15 is 0 Å². The van der Waals surface area contributed by atoms with Crippen molar-refractivity contribution in [3.8, 4) is 0 Å². The number of hydrogen-bond donors (Lipinski definition) is 1. The van der Waals surface area contributed by atoms with Gasteiger partial charge >= 0.3 is 6.09 Å². The van der Waals surface area contributed by atoms with Crippen LogP contribution in [0.3, 0.4) is 0 Å². The molecule has 1 aliphatic heterocycles. The predicted molar refractivity (Wildman–Crippen MR) is 82.1 cm³/mol. The first-order valence-electron chi connectivity index (χ1n) is 7.19. The van der Waals surface area contributed by atoms with Crippen molar-refractivity contribution in [2.24, 2.45) is 0 Å². The lowest BCUT2D eigenvalue weighted by Crippen LogP contribution is -2.51. The maximum absolute atomic E-state index is 13.7. The molecule has 10 heteroatoms. The van der Waals surface area contributed by atoms with Crippen LogP contribution in [0.4, 0.5) is 9.18 Å². The monoisotopic (exact) mass is 359 g/mol. The highest BCUT2D eigenvalue weighted by molar-refractivity contribution is 7.89. The van der Waals surface area contributed by atoms with Crippen LogP contribution in [0.5, 0.6) is 0 Å². The molecular weight excluding hydrogens is 341 g/mol. The van der Waals surface area contributed by atoms with Gasteiger partial charge in [0.15, 0.2) is 0 Å². The number of imide groups is 1. The van der Waals surface area contributed by atoms with E-state index in [4.69, 9.17) is 0 Å². The second-order valence-electron chi connectivity index (χ2n) is 5.15. The number of methoxy groups -OCH3 is 1. The van der Waals surface area contributed by atoms with Crippen molar-refractivity contribution < 1.29 is 27.1 Å². The van der Waals surface area contributed by atoms with E-state index < -0.39 is 27.8 Å². The molecule has 0 aliphatic carbocycles. The van der Waals surface area contributed by atoms with Gasteiger partial charge in [0.05, 0.1) is 13.7 Å². The summed E-state index contributed by atoms with van der Waals surface area (Å²) in [4.78, 5) is 23.9. The molecule has 1 fully saturated rings. The molecule has 8 nitrogen and oxygen atoms in total. The van der Waals surface area contributed by atoms with Crippen LogP contribution in [-0.4, -0.2) is 69.5 Å². The Kier molecular flexibility index (Phi) is 5.86. The van der Waals surface area contributed by atoms with Crippen LogP contribution in [0.25, 0.3) is 0 Å². The summed E-state index contributed by atoms with van der Waals surface area (Å²) in [5, 5.41) is 2.03. The number of nitrogens with zero attached hydrogens (tertiary/aromatic N) is 2. The molecule has 0 spiro atoms. The van der Waals surface area contributed by atoms with Crippen molar-refractivity contribution in [2.45, 2.75) is 4.90 Å². The molecule has 0 aromatic heterocycles. The topological polar surface area (TPSA) is 96.0 Å². The highest BCUT2D eigenvalue weighted by Gasteiger charge is 2.30. The maximum Gasteiger partial charge on any atom is 0.413 e. The fourth-order valence-corrected chi connectivity index (χ4v) is 3.82. The molecule has 1 aromatic rings. The van der Waals surface area contributed by atoms with E-state index in [9.17, 15) is 22.4 Å². The van der Waals surface area contributed by atoms with Crippen LogP contribution >= 0.6 is 0 Å². The molecule has 0 unspecified atom stereocenters. The van der Waals surface area contributed by atoms with Crippen LogP contribution in [-0.2, 0) is 19.6 Å². The Morgan fingerprint density at radius 3 is 2.42 bits per heavy atom. The SMILES string of the molecule is COC(=O)NC(=O)CN1CCN(S(=O)(=O)c2ccccc2F)CC1. The highest BCUT2D eigenvalue weighted by atomic mass is 32.2. The Morgan fingerprint density at radius 2 is 1.83 bits per heavy atom. The van der Waals surface area contributed by atoms with Crippen molar-refractivity contribution in [3.05, 3.63) is 30.1 Å². The predicted octanol–water partition coefficient (Wildman–Crippen LogP) is 0.0146. The summed E-state index contributed by atoms with van der Waals surface area (Å²) in [5.41, 5.74) is 0. The first-order chi connectivity index (χ1) is 11.3. The molecule has 0 radical (unpaired) electrons. The Bertz CT molecular complexity index is 717. The zero-order valence-corrected chi connectivity index (χ0v) is 13.9. The average molecular weight is 359 g/mol. The number of rotatable bonds is 4. The molecular formula is C14H18FN3O5S. The summed E-state index contributed by atoms with van der Waals surface area (Å²) in [6, 6.07) is 5.21. The van der Waals surface area contributed by atoms with Gasteiger partial charge in [-0.15, -0.1) is 0 Å². The normalized spacial score (nSPS) is 16.6. The van der Waals surface area contributed by atoms with Crippen molar-refractivity contribution in [1.82, 2.24) is 14.5 Å². The summed E-state index contributed by atoms with van der Waals surface area (Å²) >= 11 is 0. The van der Waals surface area contributed by atoms with Crippen LogP contribution < -0.4 is 5.32 Å². The lowest BCUT2D eigenvalue weighted by molar-refractivity contribution is -0.121. The van der Waals surface area contributed by atoms with Crippen molar-refractivity contribution in [3.63, 3.8) is 0 Å². The van der Waals surface area contributed by atoms with Gasteiger partial charge in [-0.25, -0.2) is 17.6 Å². The number of benzene rings is 1. The van der Waals surface area contributed by atoms with E-state index in [2.05, 4.69) is 4.74 Å². The summed E-state index contributed by atoms with van der Waals surface area (Å²) < 4.78 is 44.1. The largest absolute Gasteiger partial charge is 0.453 e. The van der Waals surface area contributed by atoms with Gasteiger partial charge in [0, 0.05) is 26.2 Å². The van der Waals surface area contributed by atoms with Gasteiger partial charge in [0.1, 0.15) is 10.7 Å². The van der Waals surface area contributed by atoms with Gasteiger partial charge < -0.3 is 4.74 Å². The summed E-state index contributed by atoms with van der Waals surface area (Å²) in [7, 11) is -2.76. The Labute approximate surface area is 139 Å². The minimum Gasteiger partial charge on any atom is -0.453 e. The van der Waals surface area contributed by atoms with Crippen molar-refractivity contribution >= 4 is 22.0 Å². The Balaban J connectivity index is 1.94. The number of halogens is 1. The lowest BCUT2D eigenvalue weighted by Gasteiger charge is -2.33. The number of carbonyl (C=O) groups excluding carboxylic acids is 2. The fraction of sp³-hybridized carbons (Fsp3) is 0.429. The van der Waals surface area contributed by atoms with E-state index in [1.165, 1.54) is 22.5 Å². The van der Waals surface area contributed by atoms with Gasteiger partial charge in [0.25, 0.3) is 0 Å². The third-order valence-electron chi connectivity index (χ3n) is 3.58. The van der Waals surface area contributed by atoms with Crippen LogP contribution in [0.2, 0.25) is 0 Å². The Hall–Kier alpha value is -2.04. The molecule has 1 N–H and O–H groups in total. The summed E-state index contributed by atoms with van der Waals surface area (Å²) in [5.74, 6) is -1.33. The number of piperazine rings is 1. The number of ether oxygens (including phenoxy) is 1. The number of hydrogen-bond acceptors (Lipinski definition) is 6. The third kappa shape index (κ3) is 4.28. The molecule has 1 saturated heterocycles. The van der Waals surface area contributed by atoms with Crippen LogP contribution in [0, 0.1) is 5.82 Å². The van der Waals surface area contributed by atoms with Crippen molar-refractivity contribution in [2.75, 3.05) is 39.8 Å². The smallest absolute Gasteiger partial charge is 0.413 e. The standard InChI is InChI=1S/C14H18FN3O5S/c1-23-14(20)16-13(19)10-17-6-8-18(9-7-17)24(21,22)12-5-3-2-4-11(12)15/h2-5H,6-10H2,1H3,(H,16,19,20). The van der Waals surface area contributed by atoms with E-state index in [-0.39, 0.29) is 24.5 Å². The maximum atomic E-state index is 13.7. The minimum atomic E-state index is -3.91. The number of amides is 2. The van der Waals surface area contributed by atoms with Crippen LogP contribution in [0.15, 0.2) is 29.2 Å². The van der Waals surface area contributed by atoms with Crippen molar-refractivity contribution in [1.29, 1.82) is 0 Å². The lowest BCUT2D eigenvalue weighted by atomic mass is 10.3. The molecule has 2 rings (SSSR count). The molecule has 0 bridgehead atoms. The second-order valence-corrected chi connectivity index (χ2v) is 7.06. The van der Waals surface area contributed by atoms with Gasteiger partial charge in [-0.05, 0) is 12.1 Å². The van der Waals surface area contributed by atoms with E-state index in [1.807, 2.05) is 5.32 Å². The Morgan fingerprint density at radius 1 is 1.21 bits per heavy atom. The molecule has 132 valence electrons. The zero-order chi connectivity index (χ0) is 17.7. The molecule has 1 aromatic carbocycles. The van der Waals surface area contributed by atoms with Gasteiger partial charge in [-0.2, -0.15) is 4.31 Å². The molecule has 0 saturated carbocycles. The van der Waals surface area contributed by atoms with Crippen LogP contribution in [0.1, 0.15) is 0 Å². The number of nitrogens with one attached hydrogen (secondary N) is 1. The number of sulfonamides is 1. The van der Waals surface area contributed by atoms with Gasteiger partial charge in [-0.1, -0.05) is 12.1 Å². The fourth-order valence-electron chi connectivity index (χ4n) is 2.33. The quantitative estimate of drug-likeness (QED) is 0.814.